The number of morpholine rings is 1. The van der Waals surface area contributed by atoms with Crippen LogP contribution in [-0.4, -0.2) is 32.0 Å². The predicted octanol–water partition coefficient (Wildman–Crippen LogP) is -0.454. The van der Waals surface area contributed by atoms with Gasteiger partial charge in [0.15, 0.2) is 5.41 Å². The Kier molecular flexibility index (Phi) is 3.90. The van der Waals surface area contributed by atoms with Crippen molar-refractivity contribution in [3.05, 3.63) is 11.5 Å². The molecule has 0 aromatic carbocycles. The van der Waals surface area contributed by atoms with Crippen LogP contribution in [-0.2, 0) is 9.47 Å². The van der Waals surface area contributed by atoms with E-state index >= 15 is 0 Å². The molecule has 7 heteroatoms. The number of nitrogens with zero attached hydrogens (tertiary/aromatic N) is 3. The Morgan fingerprint density at radius 3 is 2.43 bits per heavy atom. The summed E-state index contributed by atoms with van der Waals surface area (Å²) in [5.74, 6) is -0.415. The molecule has 0 aromatic heterocycles. The minimum atomic E-state index is -1.52. The molecular weight excluding hydrogens is 294 g/mol. The Bertz CT molecular complexity index is 633. The van der Waals surface area contributed by atoms with Gasteiger partial charge < -0.3 is 15.2 Å². The Morgan fingerprint density at radius 2 is 1.83 bits per heavy atom. The number of ether oxygens (including phenoxy) is 2. The molecule has 1 aliphatic carbocycles. The fraction of sp³-hybridized carbons (Fsp3) is 0.688. The van der Waals surface area contributed by atoms with E-state index in [1.807, 2.05) is 6.07 Å². The maximum absolute atomic E-state index is 9.81. The Labute approximate surface area is 135 Å². The maximum atomic E-state index is 9.81. The third-order valence-corrected chi connectivity index (χ3v) is 5.47. The molecule has 3 aliphatic rings. The second-order valence-electron chi connectivity index (χ2n) is 6.39. The normalized spacial score (nSPS) is 33.5. The fourth-order valence-corrected chi connectivity index (χ4v) is 4.42. The highest BCUT2D eigenvalue weighted by molar-refractivity contribution is 5.46. The molecule has 0 unspecified atom stereocenters. The van der Waals surface area contributed by atoms with Crippen molar-refractivity contribution in [1.29, 1.82) is 15.8 Å². The van der Waals surface area contributed by atoms with Gasteiger partial charge in [0.25, 0.3) is 0 Å². The summed E-state index contributed by atoms with van der Waals surface area (Å²) in [6.45, 7) is 2.74. The first-order chi connectivity index (χ1) is 11.1. The molecule has 0 amide bonds. The average molecular weight is 314 g/mol. The van der Waals surface area contributed by atoms with Crippen molar-refractivity contribution in [1.82, 2.24) is 0 Å². The van der Waals surface area contributed by atoms with Gasteiger partial charge in [-0.05, 0) is 12.8 Å². The minimum absolute atomic E-state index is 0.0299. The average Bonchev–Trinajstić information content (AvgIpc) is 2.61. The van der Waals surface area contributed by atoms with Crippen LogP contribution in [0.5, 0.6) is 0 Å². The summed E-state index contributed by atoms with van der Waals surface area (Å²) in [7, 11) is 0. The Morgan fingerprint density at radius 1 is 1.13 bits per heavy atom. The maximum Gasteiger partial charge on any atom is 0.249 e. The van der Waals surface area contributed by atoms with Gasteiger partial charge in [-0.3, -0.25) is 4.90 Å². The molecule has 2 aliphatic heterocycles. The third-order valence-electron chi connectivity index (χ3n) is 5.47. The van der Waals surface area contributed by atoms with Crippen LogP contribution in [0.15, 0.2) is 11.5 Å². The van der Waals surface area contributed by atoms with Crippen LogP contribution in [0.2, 0.25) is 0 Å². The van der Waals surface area contributed by atoms with Gasteiger partial charge in [0.1, 0.15) is 24.7 Å². The third kappa shape index (κ3) is 2.07. The van der Waals surface area contributed by atoms with Crippen LogP contribution in [0.4, 0.5) is 0 Å². The fourth-order valence-electron chi connectivity index (χ4n) is 4.42. The molecule has 2 heterocycles. The van der Waals surface area contributed by atoms with Crippen molar-refractivity contribution < 1.29 is 14.4 Å². The number of rotatable bonds is 1. The van der Waals surface area contributed by atoms with Crippen LogP contribution >= 0.6 is 0 Å². The number of nitrogens with two attached hydrogens (primary N) is 1. The molecule has 2 atom stereocenters. The van der Waals surface area contributed by atoms with Gasteiger partial charge in [-0.25, -0.2) is 0 Å². The van der Waals surface area contributed by atoms with E-state index in [4.69, 9.17) is 15.2 Å². The quantitative estimate of drug-likeness (QED) is 0.676. The van der Waals surface area contributed by atoms with Crippen LogP contribution in [0.1, 0.15) is 25.7 Å². The van der Waals surface area contributed by atoms with E-state index in [2.05, 4.69) is 12.1 Å². The van der Waals surface area contributed by atoms with Gasteiger partial charge >= 0.3 is 0 Å². The lowest BCUT2D eigenvalue weighted by Crippen LogP contribution is -3.23. The van der Waals surface area contributed by atoms with Crippen molar-refractivity contribution in [3.8, 4) is 18.2 Å². The first-order valence-corrected chi connectivity index (χ1v) is 7.99. The highest BCUT2D eigenvalue weighted by atomic mass is 16.5. The topological polar surface area (TPSA) is 120 Å². The van der Waals surface area contributed by atoms with E-state index < -0.39 is 11.1 Å². The van der Waals surface area contributed by atoms with Crippen LogP contribution in [0.3, 0.4) is 0 Å². The summed E-state index contributed by atoms with van der Waals surface area (Å²) < 4.78 is 11.6. The molecule has 120 valence electrons. The zero-order valence-corrected chi connectivity index (χ0v) is 13.0. The zero-order valence-electron chi connectivity index (χ0n) is 13.0. The molecule has 3 N–H and O–H groups in total. The summed E-state index contributed by atoms with van der Waals surface area (Å²) in [6, 6.07) is 6.18. The van der Waals surface area contributed by atoms with E-state index in [1.165, 1.54) is 4.90 Å². The summed E-state index contributed by atoms with van der Waals surface area (Å²) in [5.41, 5.74) is 3.74. The molecule has 7 nitrogen and oxygen atoms in total. The lowest BCUT2D eigenvalue weighted by molar-refractivity contribution is -0.992. The van der Waals surface area contributed by atoms with E-state index in [-0.39, 0.29) is 17.4 Å². The SMILES string of the molecule is N#CC1=C(N)O[C@]2([NH+]3CCOCC3)CCCC[C@@H]2C1(C#N)C#N. The number of nitriles is 3. The number of fused-ring (bicyclic) bond motifs is 1. The first-order valence-electron chi connectivity index (χ1n) is 7.99. The molecule has 0 aromatic rings. The summed E-state index contributed by atoms with van der Waals surface area (Å²) in [5, 5.41) is 29.1. The standard InChI is InChI=1S/C16H19N5O2/c17-9-12-14(20)23-16(21-5-7-22-8-6-21)4-2-1-3-13(16)15(12,10-18)11-19/h13H,1-8,20H2/p+1/t13-,16-/m1/s1. The molecule has 1 saturated carbocycles. The molecular formula is C16H20N5O2+. The minimum Gasteiger partial charge on any atom is -0.424 e. The number of quaternary nitrogens is 1. The molecule has 1 saturated heterocycles. The van der Waals surface area contributed by atoms with Crippen molar-refractivity contribution in [3.63, 3.8) is 0 Å². The molecule has 23 heavy (non-hydrogen) atoms. The Balaban J connectivity index is 2.16. The highest BCUT2D eigenvalue weighted by Gasteiger charge is 2.66. The van der Waals surface area contributed by atoms with Gasteiger partial charge in [-0.15, -0.1) is 0 Å². The van der Waals surface area contributed by atoms with Gasteiger partial charge in [0, 0.05) is 6.42 Å². The van der Waals surface area contributed by atoms with Crippen molar-refractivity contribution in [2.24, 2.45) is 17.1 Å². The van der Waals surface area contributed by atoms with E-state index in [9.17, 15) is 15.8 Å². The number of hydrogen-bond donors (Lipinski definition) is 2. The van der Waals surface area contributed by atoms with E-state index in [1.54, 1.807) is 0 Å². The second-order valence-corrected chi connectivity index (χ2v) is 6.39. The van der Waals surface area contributed by atoms with Crippen molar-refractivity contribution >= 4 is 0 Å². The van der Waals surface area contributed by atoms with E-state index in [0.717, 1.165) is 32.4 Å². The summed E-state index contributed by atoms with van der Waals surface area (Å²) >= 11 is 0. The number of nitrogens with one attached hydrogen (secondary N) is 1. The Hall–Kier alpha value is -2.27. The molecule has 3 rings (SSSR count). The first kappa shape index (κ1) is 15.6. The van der Waals surface area contributed by atoms with Gasteiger partial charge in [-0.2, -0.15) is 15.8 Å². The molecule has 0 spiro atoms. The van der Waals surface area contributed by atoms with Crippen molar-refractivity contribution in [2.45, 2.75) is 31.4 Å². The summed E-state index contributed by atoms with van der Waals surface area (Å²) in [6.07, 6.45) is 3.30. The summed E-state index contributed by atoms with van der Waals surface area (Å²) in [4.78, 5) is 1.17. The lowest BCUT2D eigenvalue weighted by atomic mass is 9.61. The molecule has 2 fully saturated rings. The monoisotopic (exact) mass is 314 g/mol. The van der Waals surface area contributed by atoms with Crippen LogP contribution in [0, 0.1) is 45.3 Å². The zero-order chi connectivity index (χ0) is 16.5. The highest BCUT2D eigenvalue weighted by Crippen LogP contribution is 2.51. The number of hydrogen-bond acceptors (Lipinski definition) is 6. The molecule has 0 bridgehead atoms. The predicted molar refractivity (Wildman–Crippen MR) is 77.8 cm³/mol. The lowest BCUT2D eigenvalue weighted by Gasteiger charge is -2.53. The van der Waals surface area contributed by atoms with Gasteiger partial charge in [0.05, 0.1) is 31.3 Å². The van der Waals surface area contributed by atoms with E-state index in [0.29, 0.717) is 19.6 Å². The largest absolute Gasteiger partial charge is 0.424 e. The van der Waals surface area contributed by atoms with Crippen LogP contribution in [0.25, 0.3) is 0 Å². The van der Waals surface area contributed by atoms with Gasteiger partial charge in [-0.1, -0.05) is 6.42 Å². The molecule has 0 radical (unpaired) electrons. The smallest absolute Gasteiger partial charge is 0.249 e. The van der Waals surface area contributed by atoms with Gasteiger partial charge in [0.2, 0.25) is 11.6 Å². The second kappa shape index (κ2) is 5.74. The number of allylic oxidation sites excluding steroid dienone is 1. The van der Waals surface area contributed by atoms with Crippen LogP contribution < -0.4 is 10.6 Å². The van der Waals surface area contributed by atoms with Crippen molar-refractivity contribution in [2.75, 3.05) is 26.3 Å².